The second kappa shape index (κ2) is 8.76. The molecule has 0 spiro atoms. The van der Waals surface area contributed by atoms with Gasteiger partial charge in [-0.05, 0) is 6.07 Å². The van der Waals surface area contributed by atoms with Crippen molar-refractivity contribution >= 4 is 28.6 Å². The number of thiazole rings is 1. The maximum atomic E-state index is 13.2. The van der Waals surface area contributed by atoms with Gasteiger partial charge in [0.15, 0.2) is 0 Å². The van der Waals surface area contributed by atoms with Crippen molar-refractivity contribution in [1.29, 1.82) is 0 Å². The average molecular weight is 431 g/mol. The van der Waals surface area contributed by atoms with Crippen molar-refractivity contribution in [2.45, 2.75) is 0 Å². The van der Waals surface area contributed by atoms with Crippen LogP contribution in [0.25, 0.3) is 21.8 Å². The summed E-state index contributed by atoms with van der Waals surface area (Å²) in [7, 11) is 1.44. The van der Waals surface area contributed by atoms with E-state index in [0.717, 1.165) is 11.1 Å². The molecule has 4 aromatic rings. The van der Waals surface area contributed by atoms with Gasteiger partial charge < -0.3 is 10.1 Å². The number of ether oxygens (including phenoxy) is 1. The number of carbonyl (C=O) groups is 1. The third kappa shape index (κ3) is 4.29. The molecule has 154 valence electrons. The summed E-state index contributed by atoms with van der Waals surface area (Å²) in [4.78, 5) is 29.0. The number of nitro benzene ring substituents is 1. The van der Waals surface area contributed by atoms with E-state index in [-0.39, 0.29) is 11.4 Å². The highest BCUT2D eigenvalue weighted by molar-refractivity contribution is 7.17. The van der Waals surface area contributed by atoms with Crippen LogP contribution in [0.5, 0.6) is 5.75 Å². The van der Waals surface area contributed by atoms with Gasteiger partial charge in [-0.3, -0.25) is 14.9 Å². The lowest BCUT2D eigenvalue weighted by Gasteiger charge is -2.10. The number of amides is 1. The molecule has 1 amide bonds. The number of benzene rings is 3. The Labute approximate surface area is 182 Å². The Morgan fingerprint density at radius 2 is 1.65 bits per heavy atom. The van der Waals surface area contributed by atoms with Crippen LogP contribution >= 0.6 is 11.3 Å². The minimum absolute atomic E-state index is 0.145. The van der Waals surface area contributed by atoms with Gasteiger partial charge in [-0.1, -0.05) is 60.7 Å². The van der Waals surface area contributed by atoms with Gasteiger partial charge in [0.1, 0.15) is 15.6 Å². The Kier molecular flexibility index (Phi) is 5.72. The Balaban J connectivity index is 1.77. The summed E-state index contributed by atoms with van der Waals surface area (Å²) < 4.78 is 5.26. The summed E-state index contributed by atoms with van der Waals surface area (Å²) in [5.74, 6) is -0.0923. The first-order valence-corrected chi connectivity index (χ1v) is 10.1. The van der Waals surface area contributed by atoms with Crippen molar-refractivity contribution in [2.24, 2.45) is 0 Å². The fourth-order valence-corrected chi connectivity index (χ4v) is 4.04. The molecule has 0 saturated carbocycles. The van der Waals surface area contributed by atoms with E-state index in [1.165, 1.54) is 36.6 Å². The number of methoxy groups -OCH3 is 1. The average Bonchev–Trinajstić information content (AvgIpc) is 3.26. The van der Waals surface area contributed by atoms with Crippen LogP contribution in [0.3, 0.4) is 0 Å². The van der Waals surface area contributed by atoms with Crippen molar-refractivity contribution in [2.75, 3.05) is 12.4 Å². The number of carbonyl (C=O) groups excluding carboxylic acids is 1. The summed E-state index contributed by atoms with van der Waals surface area (Å²) in [6.07, 6.45) is 0. The first-order valence-electron chi connectivity index (χ1n) is 9.32. The molecular weight excluding hydrogens is 414 g/mol. The summed E-state index contributed by atoms with van der Waals surface area (Å²) in [6.45, 7) is 0. The predicted molar refractivity (Wildman–Crippen MR) is 121 cm³/mol. The van der Waals surface area contributed by atoms with Gasteiger partial charge in [-0.25, -0.2) is 4.98 Å². The Hall–Kier alpha value is -4.04. The zero-order chi connectivity index (χ0) is 21.8. The van der Waals surface area contributed by atoms with E-state index in [4.69, 9.17) is 9.72 Å². The molecule has 0 fully saturated rings. The second-order valence-electron chi connectivity index (χ2n) is 6.52. The molecule has 1 N–H and O–H groups in total. The molecule has 0 aliphatic rings. The molecule has 8 heteroatoms. The van der Waals surface area contributed by atoms with E-state index in [1.807, 2.05) is 60.7 Å². The van der Waals surface area contributed by atoms with Crippen LogP contribution in [-0.2, 0) is 0 Å². The fourth-order valence-electron chi connectivity index (χ4n) is 3.06. The molecule has 0 atom stereocenters. The van der Waals surface area contributed by atoms with E-state index in [0.29, 0.717) is 21.3 Å². The number of non-ortho nitro benzene ring substituents is 1. The molecule has 0 aliphatic heterocycles. The van der Waals surface area contributed by atoms with Gasteiger partial charge >= 0.3 is 0 Å². The second-order valence-corrected chi connectivity index (χ2v) is 7.52. The molecular formula is C23H17N3O4S. The van der Waals surface area contributed by atoms with Gasteiger partial charge in [0, 0.05) is 23.3 Å². The number of nitro groups is 1. The third-order valence-corrected chi connectivity index (χ3v) is 5.65. The summed E-state index contributed by atoms with van der Waals surface area (Å²) in [5, 5.41) is 14.6. The molecule has 0 radical (unpaired) electrons. The van der Waals surface area contributed by atoms with Crippen LogP contribution < -0.4 is 10.1 Å². The first kappa shape index (κ1) is 20.2. The standard InChI is InChI=1S/C23H17N3O4S/c1-30-19-13-12-17(26(28)29)14-18(19)24-22(27)21-20(15-8-4-2-5-9-15)25-23(31-21)16-10-6-3-7-11-16/h2-14H,1H3,(H,24,27). The highest BCUT2D eigenvalue weighted by Crippen LogP contribution is 2.35. The van der Waals surface area contributed by atoms with Gasteiger partial charge in [-0.15, -0.1) is 11.3 Å². The lowest BCUT2D eigenvalue weighted by atomic mass is 10.1. The van der Waals surface area contributed by atoms with Crippen LogP contribution in [-0.4, -0.2) is 22.9 Å². The maximum Gasteiger partial charge on any atom is 0.271 e. The number of hydrogen-bond donors (Lipinski definition) is 1. The Bertz CT molecular complexity index is 1240. The number of nitrogens with zero attached hydrogens (tertiary/aromatic N) is 2. The topological polar surface area (TPSA) is 94.4 Å². The molecule has 0 unspecified atom stereocenters. The number of aromatic nitrogens is 1. The minimum Gasteiger partial charge on any atom is -0.495 e. The van der Waals surface area contributed by atoms with Gasteiger partial charge in [0.2, 0.25) is 0 Å². The van der Waals surface area contributed by atoms with Gasteiger partial charge in [-0.2, -0.15) is 0 Å². The molecule has 3 aromatic carbocycles. The lowest BCUT2D eigenvalue weighted by molar-refractivity contribution is -0.384. The number of anilines is 1. The number of rotatable bonds is 6. The van der Waals surface area contributed by atoms with Crippen molar-refractivity contribution in [1.82, 2.24) is 4.98 Å². The molecule has 31 heavy (non-hydrogen) atoms. The van der Waals surface area contributed by atoms with E-state index < -0.39 is 10.8 Å². The van der Waals surface area contributed by atoms with Crippen molar-refractivity contribution in [3.05, 3.63) is 93.9 Å². The van der Waals surface area contributed by atoms with E-state index in [2.05, 4.69) is 5.32 Å². The molecule has 1 aromatic heterocycles. The fraction of sp³-hybridized carbons (Fsp3) is 0.0435. The Morgan fingerprint density at radius 3 is 2.26 bits per heavy atom. The SMILES string of the molecule is COc1ccc([N+](=O)[O-])cc1NC(=O)c1sc(-c2ccccc2)nc1-c1ccccc1. The van der Waals surface area contributed by atoms with Gasteiger partial charge in [0.25, 0.3) is 11.6 Å². The van der Waals surface area contributed by atoms with E-state index in [9.17, 15) is 14.9 Å². The van der Waals surface area contributed by atoms with Crippen LogP contribution in [0.15, 0.2) is 78.9 Å². The normalized spacial score (nSPS) is 10.5. The molecule has 0 aliphatic carbocycles. The predicted octanol–water partition coefficient (Wildman–Crippen LogP) is 5.65. The summed E-state index contributed by atoms with van der Waals surface area (Å²) in [5.41, 5.74) is 2.32. The molecule has 0 saturated heterocycles. The molecule has 0 bridgehead atoms. The number of nitrogens with one attached hydrogen (secondary N) is 1. The highest BCUT2D eigenvalue weighted by Gasteiger charge is 2.22. The van der Waals surface area contributed by atoms with E-state index in [1.54, 1.807) is 0 Å². The van der Waals surface area contributed by atoms with E-state index >= 15 is 0 Å². The zero-order valence-electron chi connectivity index (χ0n) is 16.4. The highest BCUT2D eigenvalue weighted by atomic mass is 32.1. The van der Waals surface area contributed by atoms with Gasteiger partial charge in [0.05, 0.1) is 23.4 Å². The zero-order valence-corrected chi connectivity index (χ0v) is 17.3. The van der Waals surface area contributed by atoms with Crippen LogP contribution in [0.1, 0.15) is 9.67 Å². The smallest absolute Gasteiger partial charge is 0.271 e. The third-order valence-electron chi connectivity index (χ3n) is 4.54. The lowest BCUT2D eigenvalue weighted by Crippen LogP contribution is -2.12. The molecule has 1 heterocycles. The van der Waals surface area contributed by atoms with Crippen LogP contribution in [0.4, 0.5) is 11.4 Å². The maximum absolute atomic E-state index is 13.2. The van der Waals surface area contributed by atoms with Crippen molar-refractivity contribution in [3.8, 4) is 27.6 Å². The van der Waals surface area contributed by atoms with Crippen molar-refractivity contribution < 1.29 is 14.5 Å². The quantitative estimate of drug-likeness (QED) is 0.315. The summed E-state index contributed by atoms with van der Waals surface area (Å²) >= 11 is 1.26. The summed E-state index contributed by atoms with van der Waals surface area (Å²) in [6, 6.07) is 23.1. The molecule has 7 nitrogen and oxygen atoms in total. The van der Waals surface area contributed by atoms with Crippen molar-refractivity contribution in [3.63, 3.8) is 0 Å². The molecule has 4 rings (SSSR count). The van der Waals surface area contributed by atoms with Crippen LogP contribution in [0, 0.1) is 10.1 Å². The number of hydrogen-bond acceptors (Lipinski definition) is 6. The Morgan fingerprint density at radius 1 is 1.00 bits per heavy atom. The van der Waals surface area contributed by atoms with Crippen LogP contribution in [0.2, 0.25) is 0 Å². The first-order chi connectivity index (χ1) is 15.1. The minimum atomic E-state index is -0.523. The largest absolute Gasteiger partial charge is 0.495 e. The monoisotopic (exact) mass is 431 g/mol.